The van der Waals surface area contributed by atoms with E-state index < -0.39 is 23.6 Å². The number of fused-ring (bicyclic) bond motifs is 1. The largest absolute Gasteiger partial charge is 0.491 e. The van der Waals surface area contributed by atoms with Crippen molar-refractivity contribution in [1.29, 1.82) is 0 Å². The molecule has 158 valence electrons. The lowest BCUT2D eigenvalue weighted by atomic mass is 9.91. The lowest BCUT2D eigenvalue weighted by Crippen LogP contribution is -2.42. The highest BCUT2D eigenvalue weighted by atomic mass is 16.5. The highest BCUT2D eigenvalue weighted by molar-refractivity contribution is 6.07. The molecule has 2 aromatic carbocycles. The van der Waals surface area contributed by atoms with E-state index >= 15 is 0 Å². The molecule has 0 aliphatic carbocycles. The topological polar surface area (TPSA) is 97.3 Å². The van der Waals surface area contributed by atoms with Crippen molar-refractivity contribution in [2.24, 2.45) is 0 Å². The Kier molecular flexibility index (Phi) is 5.50. The van der Waals surface area contributed by atoms with Crippen LogP contribution in [-0.4, -0.2) is 54.4 Å². The van der Waals surface area contributed by atoms with Crippen molar-refractivity contribution >= 4 is 11.9 Å². The Morgan fingerprint density at radius 2 is 1.87 bits per heavy atom. The molecule has 0 aromatic heterocycles. The van der Waals surface area contributed by atoms with E-state index in [1.54, 1.807) is 37.3 Å². The smallest absolute Gasteiger partial charge is 0.325 e. The predicted molar refractivity (Wildman–Crippen MR) is 108 cm³/mol. The molecular weight excluding hydrogens is 388 g/mol. The second kappa shape index (κ2) is 8.23. The standard InChI is InChI=1S/C22H24N2O6/c1-22(15-8-9-18-19(12-15)29-11-5-10-28-18)20(26)24(21(27)23-22)13-16(25)14-30-17-6-3-2-4-7-17/h2-4,6-9,12,16,25H,5,10-11,13-14H2,1H3,(H,23,27)/t16-,22+/m0/s1. The molecule has 2 aromatic rings. The summed E-state index contributed by atoms with van der Waals surface area (Å²) in [4.78, 5) is 26.6. The van der Waals surface area contributed by atoms with Crippen molar-refractivity contribution in [2.75, 3.05) is 26.4 Å². The average Bonchev–Trinajstić information content (AvgIpc) is 2.92. The van der Waals surface area contributed by atoms with E-state index in [4.69, 9.17) is 14.2 Å². The second-order valence-electron chi connectivity index (χ2n) is 7.46. The molecule has 8 nitrogen and oxygen atoms in total. The van der Waals surface area contributed by atoms with Crippen molar-refractivity contribution in [1.82, 2.24) is 10.2 Å². The first-order valence-corrected chi connectivity index (χ1v) is 9.87. The van der Waals surface area contributed by atoms with Crippen LogP contribution in [0.1, 0.15) is 18.9 Å². The number of ether oxygens (including phenoxy) is 3. The zero-order chi connectivity index (χ0) is 21.1. The Bertz CT molecular complexity index is 934. The zero-order valence-electron chi connectivity index (χ0n) is 16.7. The highest BCUT2D eigenvalue weighted by Gasteiger charge is 2.49. The number of hydrogen-bond acceptors (Lipinski definition) is 6. The first-order valence-electron chi connectivity index (χ1n) is 9.87. The van der Waals surface area contributed by atoms with Crippen molar-refractivity contribution < 1.29 is 28.9 Å². The van der Waals surface area contributed by atoms with Gasteiger partial charge in [0.1, 0.15) is 24.0 Å². The quantitative estimate of drug-likeness (QED) is 0.705. The molecule has 1 saturated heterocycles. The molecule has 0 unspecified atom stereocenters. The van der Waals surface area contributed by atoms with Gasteiger partial charge in [-0.1, -0.05) is 24.3 Å². The normalized spacial score (nSPS) is 21.7. The number of amides is 3. The molecule has 2 atom stereocenters. The summed E-state index contributed by atoms with van der Waals surface area (Å²) in [5, 5.41) is 13.0. The Balaban J connectivity index is 1.45. The van der Waals surface area contributed by atoms with Gasteiger partial charge >= 0.3 is 6.03 Å². The Labute approximate surface area is 174 Å². The van der Waals surface area contributed by atoms with E-state index in [1.807, 2.05) is 18.2 Å². The van der Waals surface area contributed by atoms with Crippen molar-refractivity contribution in [3.63, 3.8) is 0 Å². The van der Waals surface area contributed by atoms with Crippen molar-refractivity contribution in [3.8, 4) is 17.2 Å². The van der Waals surface area contributed by atoms with Gasteiger partial charge in [-0.25, -0.2) is 4.79 Å². The van der Waals surface area contributed by atoms with Crippen LogP contribution >= 0.6 is 0 Å². The van der Waals surface area contributed by atoms with Crippen LogP contribution in [0.3, 0.4) is 0 Å². The van der Waals surface area contributed by atoms with Crippen molar-refractivity contribution in [3.05, 3.63) is 54.1 Å². The fourth-order valence-electron chi connectivity index (χ4n) is 3.51. The van der Waals surface area contributed by atoms with Gasteiger partial charge in [0.15, 0.2) is 11.5 Å². The summed E-state index contributed by atoms with van der Waals surface area (Å²) in [5.74, 6) is 1.32. The molecule has 30 heavy (non-hydrogen) atoms. The van der Waals surface area contributed by atoms with Gasteiger partial charge in [-0.05, 0) is 36.8 Å². The number of aliphatic hydroxyl groups excluding tert-OH is 1. The van der Waals surface area contributed by atoms with E-state index in [2.05, 4.69) is 5.32 Å². The minimum atomic E-state index is -1.26. The third-order valence-electron chi connectivity index (χ3n) is 5.18. The van der Waals surface area contributed by atoms with E-state index in [0.717, 1.165) is 11.3 Å². The Hall–Kier alpha value is -3.26. The van der Waals surface area contributed by atoms with Gasteiger partial charge in [-0.2, -0.15) is 0 Å². The molecule has 0 saturated carbocycles. The predicted octanol–water partition coefficient (Wildman–Crippen LogP) is 2.05. The van der Waals surface area contributed by atoms with Gasteiger partial charge in [0.05, 0.1) is 19.8 Å². The SMILES string of the molecule is C[C@]1(c2ccc3c(c2)OCCCO3)NC(=O)N(C[C@H](O)COc2ccccc2)C1=O. The van der Waals surface area contributed by atoms with E-state index in [0.29, 0.717) is 36.0 Å². The van der Waals surface area contributed by atoms with E-state index in [1.165, 1.54) is 0 Å². The van der Waals surface area contributed by atoms with Gasteiger partial charge < -0.3 is 24.6 Å². The van der Waals surface area contributed by atoms with Crippen LogP contribution in [0.5, 0.6) is 17.2 Å². The fourth-order valence-corrected chi connectivity index (χ4v) is 3.51. The molecule has 2 N–H and O–H groups in total. The second-order valence-corrected chi connectivity index (χ2v) is 7.46. The summed E-state index contributed by atoms with van der Waals surface area (Å²) in [6.07, 6.45) is -0.251. The first kappa shape index (κ1) is 20.0. The van der Waals surface area contributed by atoms with Gasteiger partial charge in [-0.3, -0.25) is 9.69 Å². The summed E-state index contributed by atoms with van der Waals surface area (Å²) in [5.41, 5.74) is -0.676. The average molecular weight is 412 g/mol. The minimum absolute atomic E-state index is 0.0399. The zero-order valence-corrected chi connectivity index (χ0v) is 16.7. The molecule has 0 radical (unpaired) electrons. The summed E-state index contributed by atoms with van der Waals surface area (Å²) in [6.45, 7) is 2.52. The molecule has 2 heterocycles. The van der Waals surface area contributed by atoms with Crippen LogP contribution in [0.15, 0.2) is 48.5 Å². The van der Waals surface area contributed by atoms with Crippen LogP contribution < -0.4 is 19.5 Å². The lowest BCUT2D eigenvalue weighted by Gasteiger charge is -2.24. The Morgan fingerprint density at radius 1 is 1.13 bits per heavy atom. The number of carbonyl (C=O) groups excluding carboxylic acids is 2. The van der Waals surface area contributed by atoms with Crippen LogP contribution in [-0.2, 0) is 10.3 Å². The molecule has 1 fully saturated rings. The molecule has 0 bridgehead atoms. The summed E-state index contributed by atoms with van der Waals surface area (Å²) in [7, 11) is 0. The maximum absolute atomic E-state index is 13.1. The number of aliphatic hydroxyl groups is 1. The number of urea groups is 1. The summed E-state index contributed by atoms with van der Waals surface area (Å²) < 4.78 is 16.8. The first-order chi connectivity index (χ1) is 14.5. The van der Waals surface area contributed by atoms with Crippen LogP contribution in [0.4, 0.5) is 4.79 Å². The third kappa shape index (κ3) is 3.91. The maximum Gasteiger partial charge on any atom is 0.325 e. The number of para-hydroxylation sites is 1. The maximum atomic E-state index is 13.1. The number of nitrogens with one attached hydrogen (secondary N) is 1. The molecule has 4 rings (SSSR count). The minimum Gasteiger partial charge on any atom is -0.491 e. The molecule has 8 heteroatoms. The van der Waals surface area contributed by atoms with Gasteiger partial charge in [0.2, 0.25) is 0 Å². The van der Waals surface area contributed by atoms with Crippen molar-refractivity contribution in [2.45, 2.75) is 25.0 Å². The number of rotatable bonds is 6. The number of carbonyl (C=O) groups is 2. The van der Waals surface area contributed by atoms with Gasteiger partial charge in [0.25, 0.3) is 5.91 Å². The molecule has 3 amide bonds. The fraction of sp³-hybridized carbons (Fsp3) is 0.364. The van der Waals surface area contributed by atoms with E-state index in [9.17, 15) is 14.7 Å². The molecule has 2 aliphatic heterocycles. The van der Waals surface area contributed by atoms with Gasteiger partial charge in [0, 0.05) is 6.42 Å². The van der Waals surface area contributed by atoms with Gasteiger partial charge in [-0.15, -0.1) is 0 Å². The van der Waals surface area contributed by atoms with Crippen LogP contribution in [0.2, 0.25) is 0 Å². The number of β-amino-alcohol motifs (C(OH)–C–C–N with tert-alkyl or cyclic N) is 1. The summed E-state index contributed by atoms with van der Waals surface area (Å²) >= 11 is 0. The van der Waals surface area contributed by atoms with Crippen LogP contribution in [0.25, 0.3) is 0 Å². The number of imide groups is 1. The van der Waals surface area contributed by atoms with Crippen LogP contribution in [0, 0.1) is 0 Å². The monoisotopic (exact) mass is 412 g/mol. The lowest BCUT2D eigenvalue weighted by molar-refractivity contribution is -0.132. The third-order valence-corrected chi connectivity index (χ3v) is 5.18. The van der Waals surface area contributed by atoms with E-state index in [-0.39, 0.29) is 13.2 Å². The Morgan fingerprint density at radius 3 is 2.63 bits per heavy atom. The molecule has 0 spiro atoms. The number of benzene rings is 2. The molecule has 2 aliphatic rings. The number of hydrogen-bond donors (Lipinski definition) is 2. The highest BCUT2D eigenvalue weighted by Crippen LogP contribution is 2.36. The molecular formula is C22H24N2O6. The number of nitrogens with zero attached hydrogens (tertiary/aromatic N) is 1. The summed E-state index contributed by atoms with van der Waals surface area (Å²) in [6, 6.07) is 13.7.